The van der Waals surface area contributed by atoms with Crippen molar-refractivity contribution in [3.05, 3.63) is 11.4 Å². The molecule has 3 saturated carbocycles. The summed E-state index contributed by atoms with van der Waals surface area (Å²) in [6.07, 6.45) is 6.52. The zero-order valence-electron chi connectivity index (χ0n) is 15.4. The molecule has 0 unspecified atom stereocenters. The van der Waals surface area contributed by atoms with E-state index >= 15 is 0 Å². The average Bonchev–Trinajstić information content (AvgIpc) is 2.91. The molecule has 4 heteroatoms. The second kappa shape index (κ2) is 5.88. The van der Waals surface area contributed by atoms with Crippen molar-refractivity contribution in [3.63, 3.8) is 0 Å². The van der Waals surface area contributed by atoms with Crippen molar-refractivity contribution in [2.75, 3.05) is 6.61 Å². The van der Waals surface area contributed by atoms with Gasteiger partial charge in [-0.15, -0.1) is 0 Å². The van der Waals surface area contributed by atoms with Gasteiger partial charge >= 0.3 is 0 Å². The summed E-state index contributed by atoms with van der Waals surface area (Å²) in [6, 6.07) is 0. The van der Waals surface area contributed by atoms with E-state index in [4.69, 9.17) is 0 Å². The van der Waals surface area contributed by atoms with Gasteiger partial charge in [0.25, 0.3) is 0 Å². The molecule has 4 rings (SSSR count). The Morgan fingerprint density at radius 1 is 1.16 bits per heavy atom. The van der Waals surface area contributed by atoms with Crippen LogP contribution in [0.15, 0.2) is 11.4 Å². The number of rotatable bonds is 2. The molecule has 0 saturated heterocycles. The fourth-order valence-electron chi connectivity index (χ4n) is 7.13. The van der Waals surface area contributed by atoms with E-state index in [9.17, 15) is 19.4 Å². The molecule has 0 aliphatic heterocycles. The number of hydrogen-bond donors (Lipinski definition) is 2. The SMILES string of the molecule is C[C@@]1(O)CC[C@H]2C(=C(F)C[C@@H]3[C@@H]2CC[C@]2(C)[C@@H](C(=O)CO)CC[C@@H]32)C1. The highest BCUT2D eigenvalue weighted by Crippen LogP contribution is 2.64. The van der Waals surface area contributed by atoms with Crippen molar-refractivity contribution in [2.45, 2.75) is 70.8 Å². The van der Waals surface area contributed by atoms with Crippen molar-refractivity contribution < 1.29 is 19.4 Å². The van der Waals surface area contributed by atoms with Gasteiger partial charge in [0.1, 0.15) is 6.61 Å². The first-order chi connectivity index (χ1) is 11.8. The fourth-order valence-corrected chi connectivity index (χ4v) is 7.13. The van der Waals surface area contributed by atoms with Gasteiger partial charge in [0.05, 0.1) is 11.4 Å². The maximum absolute atomic E-state index is 15.0. The molecule has 3 nitrogen and oxygen atoms in total. The largest absolute Gasteiger partial charge is 0.390 e. The molecule has 0 aromatic heterocycles. The van der Waals surface area contributed by atoms with Gasteiger partial charge in [-0.2, -0.15) is 0 Å². The van der Waals surface area contributed by atoms with Crippen molar-refractivity contribution in [3.8, 4) is 0 Å². The second-order valence-electron chi connectivity index (χ2n) is 9.69. The van der Waals surface area contributed by atoms with Crippen molar-refractivity contribution in [1.82, 2.24) is 0 Å². The van der Waals surface area contributed by atoms with E-state index in [2.05, 4.69) is 6.92 Å². The predicted molar refractivity (Wildman–Crippen MR) is 93.3 cm³/mol. The Morgan fingerprint density at radius 3 is 2.64 bits per heavy atom. The summed E-state index contributed by atoms with van der Waals surface area (Å²) in [5, 5.41) is 19.7. The molecule has 0 spiro atoms. The Kier molecular flexibility index (Phi) is 4.16. The Bertz CT molecular complexity index is 610. The third kappa shape index (κ3) is 2.63. The number of halogens is 1. The maximum atomic E-state index is 15.0. The molecule has 2 N–H and O–H groups in total. The van der Waals surface area contributed by atoms with E-state index in [1.54, 1.807) is 0 Å². The first-order valence-electron chi connectivity index (χ1n) is 10.0. The average molecular weight is 350 g/mol. The van der Waals surface area contributed by atoms with Crippen LogP contribution in [0, 0.1) is 35.0 Å². The summed E-state index contributed by atoms with van der Waals surface area (Å²) < 4.78 is 15.0. The molecule has 3 fully saturated rings. The number of fused-ring (bicyclic) bond motifs is 5. The van der Waals surface area contributed by atoms with Gasteiger partial charge in [0.2, 0.25) is 0 Å². The Balaban J connectivity index is 1.63. The zero-order chi connectivity index (χ0) is 18.0. The molecule has 0 bridgehead atoms. The van der Waals surface area contributed by atoms with Crippen LogP contribution in [0.4, 0.5) is 4.39 Å². The van der Waals surface area contributed by atoms with E-state index in [0.29, 0.717) is 30.6 Å². The van der Waals surface area contributed by atoms with Crippen molar-refractivity contribution >= 4 is 5.78 Å². The standard InChI is InChI=1S/C21H31FO3/c1-20(25)7-5-13-12-6-8-21(2)16(3-4-17(21)19(24)11-23)14(12)9-18(22)15(13)10-20/h12-14,16-17,23,25H,3-11H2,1-2H3/t12-,13-,14-,16+,17-,20-,21+/m1/s1. The molecule has 0 aromatic rings. The van der Waals surface area contributed by atoms with E-state index in [1.165, 1.54) is 0 Å². The summed E-state index contributed by atoms with van der Waals surface area (Å²) in [6.45, 7) is 3.68. The Morgan fingerprint density at radius 2 is 1.92 bits per heavy atom. The number of Topliss-reactive ketones (excluding diaryl/α,β-unsaturated/α-hetero) is 1. The first kappa shape index (κ1) is 17.7. The van der Waals surface area contributed by atoms with Crippen LogP contribution in [0.2, 0.25) is 0 Å². The molecule has 25 heavy (non-hydrogen) atoms. The normalized spacial score (nSPS) is 49.4. The third-order valence-electron chi connectivity index (χ3n) is 8.33. The molecule has 0 amide bonds. The highest BCUT2D eigenvalue weighted by molar-refractivity contribution is 5.83. The summed E-state index contributed by atoms with van der Waals surface area (Å²) in [5.74, 6) is 1.46. The number of aliphatic hydroxyl groups excluding tert-OH is 1. The highest BCUT2D eigenvalue weighted by Gasteiger charge is 2.58. The Labute approximate surface area is 149 Å². The van der Waals surface area contributed by atoms with E-state index < -0.39 is 5.60 Å². The fraction of sp³-hybridized carbons (Fsp3) is 0.857. The zero-order valence-corrected chi connectivity index (χ0v) is 15.4. The lowest BCUT2D eigenvalue weighted by molar-refractivity contribution is -0.131. The van der Waals surface area contributed by atoms with Gasteiger partial charge < -0.3 is 10.2 Å². The van der Waals surface area contributed by atoms with Gasteiger partial charge in [-0.05, 0) is 86.5 Å². The predicted octanol–water partition coefficient (Wildman–Crippen LogP) is 3.78. The molecular formula is C21H31FO3. The lowest BCUT2D eigenvalue weighted by Crippen LogP contribution is -2.49. The number of ketones is 1. The molecule has 7 atom stereocenters. The third-order valence-corrected chi connectivity index (χ3v) is 8.33. The smallest absolute Gasteiger partial charge is 0.161 e. The lowest BCUT2D eigenvalue weighted by atomic mass is 9.51. The highest BCUT2D eigenvalue weighted by atomic mass is 19.1. The van der Waals surface area contributed by atoms with Gasteiger partial charge in [-0.3, -0.25) is 4.79 Å². The minimum Gasteiger partial charge on any atom is -0.390 e. The molecular weight excluding hydrogens is 319 g/mol. The minimum absolute atomic E-state index is 0.0207. The summed E-state index contributed by atoms with van der Waals surface area (Å²) in [5.41, 5.74) is 0.0616. The maximum Gasteiger partial charge on any atom is 0.161 e. The number of allylic oxidation sites excluding steroid dienone is 1. The van der Waals surface area contributed by atoms with Crippen LogP contribution in [0.5, 0.6) is 0 Å². The van der Waals surface area contributed by atoms with Crippen LogP contribution in [-0.4, -0.2) is 28.2 Å². The quantitative estimate of drug-likeness (QED) is 0.797. The molecule has 140 valence electrons. The molecule has 0 heterocycles. The lowest BCUT2D eigenvalue weighted by Gasteiger charge is -2.54. The van der Waals surface area contributed by atoms with Crippen molar-refractivity contribution in [1.29, 1.82) is 0 Å². The number of hydrogen-bond acceptors (Lipinski definition) is 3. The van der Waals surface area contributed by atoms with Gasteiger partial charge in [0, 0.05) is 12.3 Å². The van der Waals surface area contributed by atoms with Crippen LogP contribution in [-0.2, 0) is 4.79 Å². The number of aliphatic hydroxyl groups is 2. The summed E-state index contributed by atoms with van der Waals surface area (Å²) in [4.78, 5) is 12.2. The molecule has 0 radical (unpaired) electrons. The molecule has 4 aliphatic rings. The Hall–Kier alpha value is -0.740. The van der Waals surface area contributed by atoms with Crippen LogP contribution in [0.25, 0.3) is 0 Å². The van der Waals surface area contributed by atoms with E-state index in [-0.39, 0.29) is 35.5 Å². The summed E-state index contributed by atoms with van der Waals surface area (Å²) >= 11 is 0. The van der Waals surface area contributed by atoms with Crippen LogP contribution < -0.4 is 0 Å². The molecule has 4 aliphatic carbocycles. The van der Waals surface area contributed by atoms with Gasteiger partial charge in [-0.25, -0.2) is 4.39 Å². The van der Waals surface area contributed by atoms with Crippen LogP contribution >= 0.6 is 0 Å². The monoisotopic (exact) mass is 350 g/mol. The minimum atomic E-state index is -0.759. The second-order valence-corrected chi connectivity index (χ2v) is 9.69. The first-order valence-corrected chi connectivity index (χ1v) is 10.0. The van der Waals surface area contributed by atoms with Crippen molar-refractivity contribution in [2.24, 2.45) is 35.0 Å². The summed E-state index contributed by atoms with van der Waals surface area (Å²) in [7, 11) is 0. The van der Waals surface area contributed by atoms with Gasteiger partial charge in [-0.1, -0.05) is 6.92 Å². The number of carbonyl (C=O) groups is 1. The van der Waals surface area contributed by atoms with E-state index in [0.717, 1.165) is 44.1 Å². The van der Waals surface area contributed by atoms with Crippen LogP contribution in [0.3, 0.4) is 0 Å². The van der Waals surface area contributed by atoms with Gasteiger partial charge in [0.15, 0.2) is 5.78 Å². The van der Waals surface area contributed by atoms with Crippen LogP contribution in [0.1, 0.15) is 65.2 Å². The topological polar surface area (TPSA) is 57.5 Å². The molecule has 0 aromatic carbocycles. The number of carbonyl (C=O) groups excluding carboxylic acids is 1. The van der Waals surface area contributed by atoms with E-state index in [1.807, 2.05) is 6.92 Å².